The normalized spacial score (nSPS) is 12.1. The summed E-state index contributed by atoms with van der Waals surface area (Å²) in [4.78, 5) is 10.5. The number of allylic oxidation sites excluding steroid dienone is 1. The van der Waals surface area contributed by atoms with E-state index in [1.54, 1.807) is 0 Å². The van der Waals surface area contributed by atoms with Crippen molar-refractivity contribution < 1.29 is 9.53 Å². The Bertz CT molecular complexity index is 187. The van der Waals surface area contributed by atoms with Gasteiger partial charge in [0.1, 0.15) is 0 Å². The molecule has 0 rings (SSSR count). The molecule has 0 saturated carbocycles. The molecular formula is C14H26O2. The number of unbranched alkanes of at least 4 members (excludes halogenated alkanes) is 3. The largest absolute Gasteiger partial charge is 0.466 e. The Morgan fingerprint density at radius 3 is 2.50 bits per heavy atom. The summed E-state index contributed by atoms with van der Waals surface area (Å²) in [7, 11) is 0. The van der Waals surface area contributed by atoms with Crippen LogP contribution in [-0.4, -0.2) is 12.6 Å². The molecule has 0 aliphatic heterocycles. The smallest absolute Gasteiger partial charge is 0.302 e. The topological polar surface area (TPSA) is 26.3 Å². The fourth-order valence-electron chi connectivity index (χ4n) is 1.83. The van der Waals surface area contributed by atoms with Crippen molar-refractivity contribution in [3.63, 3.8) is 0 Å². The predicted octanol–water partition coefficient (Wildman–Crippen LogP) is 4.10. The van der Waals surface area contributed by atoms with Gasteiger partial charge in [-0.25, -0.2) is 0 Å². The summed E-state index contributed by atoms with van der Waals surface area (Å²) >= 11 is 0. The van der Waals surface area contributed by atoms with E-state index >= 15 is 0 Å². The highest BCUT2D eigenvalue weighted by Gasteiger charge is 2.02. The number of rotatable bonds is 10. The minimum Gasteiger partial charge on any atom is -0.466 e. The maximum absolute atomic E-state index is 10.5. The maximum Gasteiger partial charge on any atom is 0.302 e. The summed E-state index contributed by atoms with van der Waals surface area (Å²) in [6.07, 6.45) is 10.5. The molecule has 0 aliphatic carbocycles. The Labute approximate surface area is 100 Å². The fourth-order valence-corrected chi connectivity index (χ4v) is 1.83. The Balaban J connectivity index is 3.25. The maximum atomic E-state index is 10.5. The van der Waals surface area contributed by atoms with Gasteiger partial charge >= 0.3 is 5.97 Å². The average Bonchev–Trinajstić information content (AvgIpc) is 2.26. The van der Waals surface area contributed by atoms with Gasteiger partial charge in [0.05, 0.1) is 6.61 Å². The molecule has 0 spiro atoms. The van der Waals surface area contributed by atoms with E-state index in [4.69, 9.17) is 4.74 Å². The summed E-state index contributed by atoms with van der Waals surface area (Å²) in [5.41, 5.74) is 0. The lowest BCUT2D eigenvalue weighted by Gasteiger charge is -2.10. The molecule has 0 amide bonds. The van der Waals surface area contributed by atoms with Crippen molar-refractivity contribution in [2.75, 3.05) is 6.61 Å². The van der Waals surface area contributed by atoms with Gasteiger partial charge < -0.3 is 4.74 Å². The monoisotopic (exact) mass is 226 g/mol. The summed E-state index contributed by atoms with van der Waals surface area (Å²) in [5.74, 6) is 0.521. The van der Waals surface area contributed by atoms with Gasteiger partial charge in [0.2, 0.25) is 0 Å². The van der Waals surface area contributed by atoms with Gasteiger partial charge in [0.25, 0.3) is 0 Å². The quantitative estimate of drug-likeness (QED) is 0.318. The van der Waals surface area contributed by atoms with Crippen LogP contribution in [0.15, 0.2) is 12.7 Å². The molecule has 1 atom stereocenters. The molecule has 2 nitrogen and oxygen atoms in total. The van der Waals surface area contributed by atoms with Gasteiger partial charge in [0.15, 0.2) is 0 Å². The molecule has 94 valence electrons. The van der Waals surface area contributed by atoms with Crippen LogP contribution in [-0.2, 0) is 9.53 Å². The second-order valence-electron chi connectivity index (χ2n) is 4.33. The number of ether oxygens (including phenoxy) is 1. The standard InChI is InChI=1S/C14H26O2/c1-4-10-14(5-2)11-8-6-7-9-12-16-13(3)15/h5,14H,2,4,6-12H2,1,3H3. The number of hydrogen-bond donors (Lipinski definition) is 0. The van der Waals surface area contributed by atoms with E-state index in [1.165, 1.54) is 39.0 Å². The van der Waals surface area contributed by atoms with Crippen LogP contribution >= 0.6 is 0 Å². The highest BCUT2D eigenvalue weighted by Crippen LogP contribution is 2.16. The SMILES string of the molecule is C=CC(CCC)CCCCCCOC(C)=O. The Hall–Kier alpha value is -0.790. The van der Waals surface area contributed by atoms with Gasteiger partial charge in [-0.3, -0.25) is 4.79 Å². The summed E-state index contributed by atoms with van der Waals surface area (Å²) in [6, 6.07) is 0. The van der Waals surface area contributed by atoms with Crippen LogP contribution in [0, 0.1) is 5.92 Å². The Morgan fingerprint density at radius 1 is 1.25 bits per heavy atom. The van der Waals surface area contributed by atoms with Crippen molar-refractivity contribution in [2.45, 2.75) is 58.8 Å². The molecular weight excluding hydrogens is 200 g/mol. The lowest BCUT2D eigenvalue weighted by molar-refractivity contribution is -0.141. The first-order chi connectivity index (χ1) is 7.70. The minimum atomic E-state index is -0.172. The van der Waals surface area contributed by atoms with E-state index in [9.17, 15) is 4.79 Å². The minimum absolute atomic E-state index is 0.172. The second-order valence-corrected chi connectivity index (χ2v) is 4.33. The molecule has 0 aromatic carbocycles. The van der Waals surface area contributed by atoms with Crippen LogP contribution in [0.4, 0.5) is 0 Å². The van der Waals surface area contributed by atoms with Crippen molar-refractivity contribution in [1.29, 1.82) is 0 Å². The third-order valence-corrected chi connectivity index (χ3v) is 2.77. The third kappa shape index (κ3) is 9.75. The molecule has 0 fully saturated rings. The zero-order chi connectivity index (χ0) is 12.2. The van der Waals surface area contributed by atoms with Crippen molar-refractivity contribution in [3.8, 4) is 0 Å². The highest BCUT2D eigenvalue weighted by atomic mass is 16.5. The third-order valence-electron chi connectivity index (χ3n) is 2.77. The molecule has 0 aromatic rings. The summed E-state index contributed by atoms with van der Waals surface area (Å²) in [6.45, 7) is 8.12. The van der Waals surface area contributed by atoms with Crippen molar-refractivity contribution in [2.24, 2.45) is 5.92 Å². The van der Waals surface area contributed by atoms with E-state index in [-0.39, 0.29) is 5.97 Å². The fraction of sp³-hybridized carbons (Fsp3) is 0.786. The molecule has 0 bridgehead atoms. The molecule has 0 heterocycles. The molecule has 2 heteroatoms. The van der Waals surface area contributed by atoms with Gasteiger partial charge in [0, 0.05) is 6.92 Å². The van der Waals surface area contributed by atoms with E-state index < -0.39 is 0 Å². The first kappa shape index (κ1) is 15.2. The van der Waals surface area contributed by atoms with Crippen LogP contribution < -0.4 is 0 Å². The van der Waals surface area contributed by atoms with Gasteiger partial charge in [-0.1, -0.05) is 38.7 Å². The summed E-state index contributed by atoms with van der Waals surface area (Å²) in [5, 5.41) is 0. The van der Waals surface area contributed by atoms with Crippen LogP contribution in [0.25, 0.3) is 0 Å². The molecule has 0 aliphatic rings. The molecule has 0 saturated heterocycles. The van der Waals surface area contributed by atoms with E-state index in [2.05, 4.69) is 19.6 Å². The van der Waals surface area contributed by atoms with Gasteiger partial charge in [-0.15, -0.1) is 6.58 Å². The first-order valence-electron chi connectivity index (χ1n) is 6.46. The molecule has 0 radical (unpaired) electrons. The second kappa shape index (κ2) is 10.7. The molecule has 1 unspecified atom stereocenters. The van der Waals surface area contributed by atoms with E-state index in [0.29, 0.717) is 12.5 Å². The molecule has 0 N–H and O–H groups in total. The Kier molecular flexibility index (Phi) is 10.2. The van der Waals surface area contributed by atoms with E-state index in [0.717, 1.165) is 12.8 Å². The number of hydrogen-bond acceptors (Lipinski definition) is 2. The summed E-state index contributed by atoms with van der Waals surface area (Å²) < 4.78 is 4.87. The highest BCUT2D eigenvalue weighted by molar-refractivity contribution is 5.65. The van der Waals surface area contributed by atoms with Crippen molar-refractivity contribution in [3.05, 3.63) is 12.7 Å². The lowest BCUT2D eigenvalue weighted by Crippen LogP contribution is -2.00. The van der Waals surface area contributed by atoms with E-state index in [1.807, 2.05) is 0 Å². The molecule has 0 aromatic heterocycles. The molecule has 16 heavy (non-hydrogen) atoms. The van der Waals surface area contributed by atoms with Crippen molar-refractivity contribution in [1.82, 2.24) is 0 Å². The predicted molar refractivity (Wildman–Crippen MR) is 68.3 cm³/mol. The van der Waals surface area contributed by atoms with Crippen LogP contribution in [0.2, 0.25) is 0 Å². The number of esters is 1. The average molecular weight is 226 g/mol. The van der Waals surface area contributed by atoms with Crippen LogP contribution in [0.5, 0.6) is 0 Å². The number of carbonyl (C=O) groups is 1. The zero-order valence-electron chi connectivity index (χ0n) is 10.8. The van der Waals surface area contributed by atoms with Crippen LogP contribution in [0.3, 0.4) is 0 Å². The van der Waals surface area contributed by atoms with Crippen LogP contribution in [0.1, 0.15) is 58.8 Å². The Morgan fingerprint density at radius 2 is 1.94 bits per heavy atom. The van der Waals surface area contributed by atoms with Gasteiger partial charge in [-0.05, 0) is 25.2 Å². The number of carbonyl (C=O) groups excluding carboxylic acids is 1. The lowest BCUT2D eigenvalue weighted by atomic mass is 9.96. The van der Waals surface area contributed by atoms with Crippen molar-refractivity contribution >= 4 is 5.97 Å². The zero-order valence-corrected chi connectivity index (χ0v) is 10.8. The first-order valence-corrected chi connectivity index (χ1v) is 6.46. The van der Waals surface area contributed by atoms with Gasteiger partial charge in [-0.2, -0.15) is 0 Å².